The maximum atomic E-state index is 11.6. The van der Waals surface area contributed by atoms with Gasteiger partial charge in [-0.1, -0.05) is 0 Å². The van der Waals surface area contributed by atoms with Gasteiger partial charge in [-0.25, -0.2) is 4.68 Å². The molecule has 1 saturated carbocycles. The number of nitrogens with zero attached hydrogens (tertiary/aromatic N) is 2. The normalized spacial score (nSPS) is 24.7. The van der Waals surface area contributed by atoms with Gasteiger partial charge in [0.1, 0.15) is 4.47 Å². The number of hydrogen-bond acceptors (Lipinski definition) is 4. The predicted octanol–water partition coefficient (Wildman–Crippen LogP) is 0.868. The third kappa shape index (κ3) is 2.12. The van der Waals surface area contributed by atoms with Crippen LogP contribution in [0.4, 0.5) is 5.69 Å². The van der Waals surface area contributed by atoms with Crippen LogP contribution in [0, 0.1) is 0 Å². The van der Waals surface area contributed by atoms with Gasteiger partial charge in [-0.2, -0.15) is 5.10 Å². The van der Waals surface area contributed by atoms with Crippen LogP contribution in [0.1, 0.15) is 19.3 Å². The van der Waals surface area contributed by atoms with Gasteiger partial charge in [0.2, 0.25) is 0 Å². The van der Waals surface area contributed by atoms with E-state index >= 15 is 0 Å². The number of aromatic nitrogens is 2. The SMILES string of the molecule is Cn1ncc(N[C@@H]2CCC[C@H]2O)c(Br)c1=O. The van der Waals surface area contributed by atoms with Gasteiger partial charge in [-0.05, 0) is 35.2 Å². The molecule has 0 bridgehead atoms. The highest BCUT2D eigenvalue weighted by Crippen LogP contribution is 2.25. The number of rotatable bonds is 2. The molecule has 1 aliphatic carbocycles. The number of hydrogen-bond donors (Lipinski definition) is 2. The van der Waals surface area contributed by atoms with Crippen molar-refractivity contribution in [3.63, 3.8) is 0 Å². The fraction of sp³-hybridized carbons (Fsp3) is 0.600. The highest BCUT2D eigenvalue weighted by molar-refractivity contribution is 9.10. The fourth-order valence-corrected chi connectivity index (χ4v) is 2.39. The minimum atomic E-state index is -0.337. The Hall–Kier alpha value is -0.880. The summed E-state index contributed by atoms with van der Waals surface area (Å²) in [5, 5.41) is 16.8. The standard InChI is InChI=1S/C10H14BrN3O2/c1-14-10(16)9(11)7(5-12-14)13-6-3-2-4-8(6)15/h5-6,8,13,15H,2-4H2,1H3/t6-,8-/m1/s1. The molecule has 2 rings (SSSR count). The number of aliphatic hydroxyl groups is 1. The van der Waals surface area contributed by atoms with Gasteiger partial charge in [0.15, 0.2) is 0 Å². The minimum Gasteiger partial charge on any atom is -0.391 e. The second-order valence-electron chi connectivity index (χ2n) is 4.05. The molecule has 0 amide bonds. The Kier molecular flexibility index (Phi) is 3.30. The van der Waals surface area contributed by atoms with E-state index in [0.29, 0.717) is 10.2 Å². The number of nitrogens with one attached hydrogen (secondary N) is 1. The first-order valence-corrected chi connectivity index (χ1v) is 6.05. The van der Waals surface area contributed by atoms with Crippen LogP contribution < -0.4 is 10.9 Å². The first-order chi connectivity index (χ1) is 7.59. The average Bonchev–Trinajstić information content (AvgIpc) is 2.65. The van der Waals surface area contributed by atoms with Crippen molar-refractivity contribution in [1.82, 2.24) is 9.78 Å². The van der Waals surface area contributed by atoms with E-state index in [4.69, 9.17) is 0 Å². The minimum absolute atomic E-state index is 0.0187. The molecular formula is C10H14BrN3O2. The maximum Gasteiger partial charge on any atom is 0.282 e. The molecule has 1 fully saturated rings. The van der Waals surface area contributed by atoms with Gasteiger partial charge in [-0.15, -0.1) is 0 Å². The summed E-state index contributed by atoms with van der Waals surface area (Å²) in [6.07, 6.45) is 4.00. The number of halogens is 1. The van der Waals surface area contributed by atoms with Crippen molar-refractivity contribution < 1.29 is 5.11 Å². The molecule has 16 heavy (non-hydrogen) atoms. The highest BCUT2D eigenvalue weighted by atomic mass is 79.9. The molecule has 0 spiro atoms. The monoisotopic (exact) mass is 287 g/mol. The summed E-state index contributed by atoms with van der Waals surface area (Å²) in [4.78, 5) is 11.6. The Morgan fingerprint density at radius 2 is 2.38 bits per heavy atom. The van der Waals surface area contributed by atoms with Crippen LogP contribution in [-0.4, -0.2) is 27.0 Å². The molecule has 1 aromatic rings. The van der Waals surface area contributed by atoms with Crippen molar-refractivity contribution >= 4 is 21.6 Å². The van der Waals surface area contributed by atoms with E-state index in [9.17, 15) is 9.90 Å². The zero-order valence-electron chi connectivity index (χ0n) is 8.98. The van der Waals surface area contributed by atoms with Crippen LogP contribution in [-0.2, 0) is 7.05 Å². The molecule has 0 aromatic carbocycles. The zero-order chi connectivity index (χ0) is 11.7. The van der Waals surface area contributed by atoms with Crippen molar-refractivity contribution in [2.24, 2.45) is 7.05 Å². The van der Waals surface area contributed by atoms with Crippen LogP contribution in [0.15, 0.2) is 15.5 Å². The van der Waals surface area contributed by atoms with Gasteiger partial charge >= 0.3 is 0 Å². The smallest absolute Gasteiger partial charge is 0.282 e. The van der Waals surface area contributed by atoms with Crippen LogP contribution in [0.5, 0.6) is 0 Å². The lowest BCUT2D eigenvalue weighted by atomic mass is 10.2. The van der Waals surface area contributed by atoms with Crippen LogP contribution >= 0.6 is 15.9 Å². The summed E-state index contributed by atoms with van der Waals surface area (Å²) in [6, 6.07) is 0.0187. The lowest BCUT2D eigenvalue weighted by Crippen LogP contribution is -2.30. The number of aryl methyl sites for hydroxylation is 1. The molecule has 2 N–H and O–H groups in total. The second kappa shape index (κ2) is 4.55. The van der Waals surface area contributed by atoms with E-state index in [1.165, 1.54) is 4.68 Å². The predicted molar refractivity (Wildman–Crippen MR) is 64.4 cm³/mol. The number of aliphatic hydroxyl groups excluding tert-OH is 1. The van der Waals surface area contributed by atoms with Crippen molar-refractivity contribution in [2.75, 3.05) is 5.32 Å². The van der Waals surface area contributed by atoms with Crippen molar-refractivity contribution in [2.45, 2.75) is 31.4 Å². The Labute approximate surface area is 102 Å². The summed E-state index contributed by atoms with van der Waals surface area (Å²) in [5.74, 6) is 0. The summed E-state index contributed by atoms with van der Waals surface area (Å²) in [7, 11) is 1.60. The third-order valence-corrected chi connectivity index (χ3v) is 3.66. The second-order valence-corrected chi connectivity index (χ2v) is 4.84. The lowest BCUT2D eigenvalue weighted by molar-refractivity contribution is 0.172. The molecule has 88 valence electrons. The molecule has 0 aliphatic heterocycles. The summed E-state index contributed by atoms with van der Waals surface area (Å²) < 4.78 is 1.73. The lowest BCUT2D eigenvalue weighted by Gasteiger charge is -2.18. The molecular weight excluding hydrogens is 274 g/mol. The van der Waals surface area contributed by atoms with E-state index in [0.717, 1.165) is 19.3 Å². The van der Waals surface area contributed by atoms with Crippen molar-refractivity contribution in [1.29, 1.82) is 0 Å². The summed E-state index contributed by atoms with van der Waals surface area (Å²) in [5.41, 5.74) is 0.464. The Morgan fingerprint density at radius 1 is 1.62 bits per heavy atom. The molecule has 0 radical (unpaired) electrons. The fourth-order valence-electron chi connectivity index (χ4n) is 1.92. The quantitative estimate of drug-likeness (QED) is 0.847. The third-order valence-electron chi connectivity index (χ3n) is 2.90. The Bertz CT molecular complexity index is 446. The van der Waals surface area contributed by atoms with Gasteiger partial charge in [0.05, 0.1) is 24.0 Å². The molecule has 1 aliphatic rings. The van der Waals surface area contributed by atoms with Crippen LogP contribution in [0.25, 0.3) is 0 Å². The van der Waals surface area contributed by atoms with Gasteiger partial charge in [0, 0.05) is 7.05 Å². The maximum absolute atomic E-state index is 11.6. The highest BCUT2D eigenvalue weighted by Gasteiger charge is 2.25. The first kappa shape index (κ1) is 11.6. The zero-order valence-corrected chi connectivity index (χ0v) is 10.6. The summed E-state index contributed by atoms with van der Waals surface area (Å²) >= 11 is 3.24. The molecule has 6 heteroatoms. The molecule has 0 saturated heterocycles. The molecule has 1 aromatic heterocycles. The van der Waals surface area contributed by atoms with Crippen LogP contribution in [0.3, 0.4) is 0 Å². The van der Waals surface area contributed by atoms with Crippen molar-refractivity contribution in [3.05, 3.63) is 21.0 Å². The topological polar surface area (TPSA) is 67.2 Å². The van der Waals surface area contributed by atoms with Gasteiger partial charge in [0.25, 0.3) is 5.56 Å². The average molecular weight is 288 g/mol. The molecule has 1 heterocycles. The first-order valence-electron chi connectivity index (χ1n) is 5.26. The van der Waals surface area contributed by atoms with Gasteiger partial charge < -0.3 is 10.4 Å². The Morgan fingerprint density at radius 3 is 3.00 bits per heavy atom. The van der Waals surface area contributed by atoms with E-state index < -0.39 is 0 Å². The van der Waals surface area contributed by atoms with E-state index in [1.807, 2.05) is 0 Å². The van der Waals surface area contributed by atoms with E-state index in [-0.39, 0.29) is 17.7 Å². The Balaban J connectivity index is 2.22. The number of anilines is 1. The van der Waals surface area contributed by atoms with Crippen LogP contribution in [0.2, 0.25) is 0 Å². The molecule has 5 nitrogen and oxygen atoms in total. The van der Waals surface area contributed by atoms with E-state index in [1.54, 1.807) is 13.2 Å². The van der Waals surface area contributed by atoms with Crippen molar-refractivity contribution in [3.8, 4) is 0 Å². The molecule has 2 atom stereocenters. The van der Waals surface area contributed by atoms with Gasteiger partial charge in [-0.3, -0.25) is 4.79 Å². The molecule has 0 unspecified atom stereocenters. The summed E-state index contributed by atoms with van der Waals surface area (Å²) in [6.45, 7) is 0. The van der Waals surface area contributed by atoms with E-state index in [2.05, 4.69) is 26.3 Å². The largest absolute Gasteiger partial charge is 0.391 e.